The number of rotatable bonds is 5. The number of ether oxygens (including phenoxy) is 1. The first-order valence-electron chi connectivity index (χ1n) is 9.38. The Morgan fingerprint density at radius 2 is 1.90 bits per heavy atom. The van der Waals surface area contributed by atoms with Crippen LogP contribution in [0.3, 0.4) is 0 Å². The lowest BCUT2D eigenvalue weighted by Crippen LogP contribution is -1.99. The second kappa shape index (κ2) is 8.81. The Balaban J connectivity index is 1.62. The number of hydrogen-bond donors (Lipinski definition) is 1. The van der Waals surface area contributed by atoms with E-state index in [0.29, 0.717) is 22.5 Å². The number of benzene rings is 3. The van der Waals surface area contributed by atoms with Crippen LogP contribution in [0.2, 0.25) is 10.0 Å². The normalized spacial score (nSPS) is 11.5. The fourth-order valence-corrected chi connectivity index (χ4v) is 3.75. The Labute approximate surface area is 188 Å². The maximum atomic E-state index is 13.8. The summed E-state index contributed by atoms with van der Waals surface area (Å²) in [5.41, 5.74) is 4.06. The average Bonchev–Trinajstić information content (AvgIpc) is 3.15. The van der Waals surface area contributed by atoms with E-state index in [0.717, 1.165) is 16.6 Å². The molecule has 3 aromatic carbocycles. The maximum Gasteiger partial charge on any atom is 0.157 e. The number of aromatic nitrogens is 2. The van der Waals surface area contributed by atoms with E-state index in [-0.39, 0.29) is 28.2 Å². The van der Waals surface area contributed by atoms with Gasteiger partial charge in [-0.2, -0.15) is 5.26 Å². The Hall–Kier alpha value is -3.33. The van der Waals surface area contributed by atoms with Gasteiger partial charge in [0.1, 0.15) is 24.3 Å². The lowest BCUT2D eigenvalue weighted by Gasteiger charge is -2.11. The molecule has 0 atom stereocenters. The molecule has 4 nitrogen and oxygen atoms in total. The Morgan fingerprint density at radius 1 is 1.16 bits per heavy atom. The van der Waals surface area contributed by atoms with Gasteiger partial charge < -0.3 is 9.72 Å². The second-order valence-electron chi connectivity index (χ2n) is 6.97. The molecule has 1 heterocycles. The van der Waals surface area contributed by atoms with Crippen molar-refractivity contribution in [2.24, 2.45) is 0 Å². The first-order chi connectivity index (χ1) is 14.9. The van der Waals surface area contributed by atoms with Gasteiger partial charge in [-0.05, 0) is 54.5 Å². The fraction of sp³-hybridized carbons (Fsp3) is 0.0833. The zero-order valence-electron chi connectivity index (χ0n) is 16.4. The predicted octanol–water partition coefficient (Wildman–Crippen LogP) is 6.96. The number of allylic oxidation sites excluding steroid dienone is 1. The predicted molar refractivity (Wildman–Crippen MR) is 122 cm³/mol. The summed E-state index contributed by atoms with van der Waals surface area (Å²) in [6, 6.07) is 17.6. The third-order valence-electron chi connectivity index (χ3n) is 4.67. The molecule has 154 valence electrons. The highest BCUT2D eigenvalue weighted by molar-refractivity contribution is 6.37. The molecule has 0 radical (unpaired) electrons. The highest BCUT2D eigenvalue weighted by Crippen LogP contribution is 2.36. The number of imidazole rings is 1. The number of aromatic amines is 1. The summed E-state index contributed by atoms with van der Waals surface area (Å²) in [5, 5.41) is 10.2. The van der Waals surface area contributed by atoms with Gasteiger partial charge in [0.25, 0.3) is 0 Å². The minimum atomic E-state index is -0.367. The minimum absolute atomic E-state index is 0.0108. The number of fused-ring (bicyclic) bond motifs is 1. The standard InChI is InChI=1S/C24H16Cl2FN3O/c1-14-6-7-21-22(8-14)30-24(29-21)17(12-28)9-15-10-18(25)23(19(26)11-15)31-13-16-4-2-3-5-20(16)27/h2-11H,13H2,1H3,(H,29,30). The van der Waals surface area contributed by atoms with Crippen LogP contribution in [0, 0.1) is 24.1 Å². The van der Waals surface area contributed by atoms with Crippen LogP contribution in [0.5, 0.6) is 5.75 Å². The Morgan fingerprint density at radius 3 is 2.61 bits per heavy atom. The summed E-state index contributed by atoms with van der Waals surface area (Å²) in [7, 11) is 0. The van der Waals surface area contributed by atoms with E-state index in [1.165, 1.54) is 6.07 Å². The summed E-state index contributed by atoms with van der Waals surface area (Å²) in [6.07, 6.45) is 1.64. The Kier molecular flexibility index (Phi) is 5.94. The summed E-state index contributed by atoms with van der Waals surface area (Å²) in [5.74, 6) is 0.339. The van der Waals surface area contributed by atoms with Crippen molar-refractivity contribution in [1.82, 2.24) is 9.97 Å². The minimum Gasteiger partial charge on any atom is -0.486 e. The molecule has 4 aromatic rings. The van der Waals surface area contributed by atoms with E-state index in [1.54, 1.807) is 36.4 Å². The molecule has 0 aliphatic heterocycles. The molecule has 0 aliphatic rings. The van der Waals surface area contributed by atoms with E-state index in [4.69, 9.17) is 27.9 Å². The zero-order chi connectivity index (χ0) is 22.0. The first kappa shape index (κ1) is 20.9. The van der Waals surface area contributed by atoms with E-state index in [1.807, 2.05) is 25.1 Å². The van der Waals surface area contributed by atoms with Crippen molar-refractivity contribution in [3.63, 3.8) is 0 Å². The zero-order valence-corrected chi connectivity index (χ0v) is 17.9. The van der Waals surface area contributed by atoms with Crippen molar-refractivity contribution in [1.29, 1.82) is 5.26 Å². The van der Waals surface area contributed by atoms with Crippen molar-refractivity contribution in [3.05, 3.63) is 93.0 Å². The molecule has 0 bridgehead atoms. The molecule has 0 unspecified atom stereocenters. The van der Waals surface area contributed by atoms with E-state index < -0.39 is 0 Å². The first-order valence-corrected chi connectivity index (χ1v) is 10.1. The summed E-state index contributed by atoms with van der Waals surface area (Å²) in [4.78, 5) is 7.65. The highest BCUT2D eigenvalue weighted by atomic mass is 35.5. The second-order valence-corrected chi connectivity index (χ2v) is 7.78. The van der Waals surface area contributed by atoms with Gasteiger partial charge in [0.05, 0.1) is 26.7 Å². The smallest absolute Gasteiger partial charge is 0.157 e. The van der Waals surface area contributed by atoms with Crippen molar-refractivity contribution in [2.75, 3.05) is 0 Å². The molecule has 31 heavy (non-hydrogen) atoms. The van der Waals surface area contributed by atoms with Crippen LogP contribution in [0.15, 0.2) is 54.6 Å². The molecule has 0 amide bonds. The van der Waals surface area contributed by atoms with Gasteiger partial charge in [-0.1, -0.05) is 47.5 Å². The molecule has 0 saturated heterocycles. The lowest BCUT2D eigenvalue weighted by atomic mass is 10.1. The van der Waals surface area contributed by atoms with Crippen LogP contribution in [-0.2, 0) is 6.61 Å². The van der Waals surface area contributed by atoms with Crippen LogP contribution < -0.4 is 4.74 Å². The van der Waals surface area contributed by atoms with Crippen molar-refractivity contribution >= 4 is 45.9 Å². The molecule has 1 aromatic heterocycles. The quantitative estimate of drug-likeness (QED) is 0.333. The van der Waals surface area contributed by atoms with Crippen molar-refractivity contribution in [2.45, 2.75) is 13.5 Å². The number of nitrogens with one attached hydrogen (secondary N) is 1. The largest absolute Gasteiger partial charge is 0.486 e. The molecule has 4 rings (SSSR count). The number of hydrogen-bond acceptors (Lipinski definition) is 3. The SMILES string of the molecule is Cc1ccc2nc(C(C#N)=Cc3cc(Cl)c(OCc4ccccc4F)c(Cl)c3)[nH]c2c1. The maximum absolute atomic E-state index is 13.8. The van der Waals surface area contributed by atoms with Gasteiger partial charge in [-0.3, -0.25) is 0 Å². The van der Waals surface area contributed by atoms with Crippen LogP contribution >= 0.6 is 23.2 Å². The van der Waals surface area contributed by atoms with E-state index in [9.17, 15) is 9.65 Å². The molecule has 7 heteroatoms. The number of H-pyrrole nitrogens is 1. The van der Waals surface area contributed by atoms with Gasteiger partial charge in [-0.15, -0.1) is 0 Å². The van der Waals surface area contributed by atoms with Gasteiger partial charge in [-0.25, -0.2) is 9.37 Å². The van der Waals surface area contributed by atoms with Crippen LogP contribution in [0.1, 0.15) is 22.5 Å². The fourth-order valence-electron chi connectivity index (χ4n) is 3.14. The molecular formula is C24H16Cl2FN3O. The number of aryl methyl sites for hydroxylation is 1. The number of halogens is 3. The van der Waals surface area contributed by atoms with Crippen LogP contribution in [-0.4, -0.2) is 9.97 Å². The average molecular weight is 452 g/mol. The molecule has 0 saturated carbocycles. The monoisotopic (exact) mass is 451 g/mol. The highest BCUT2D eigenvalue weighted by Gasteiger charge is 2.13. The molecule has 0 fully saturated rings. The molecule has 0 aliphatic carbocycles. The van der Waals surface area contributed by atoms with Gasteiger partial charge in [0.2, 0.25) is 0 Å². The Bertz CT molecular complexity index is 1330. The number of nitrogens with zero attached hydrogens (tertiary/aromatic N) is 2. The summed E-state index contributed by atoms with van der Waals surface area (Å²) in [6.45, 7) is 1.98. The van der Waals surface area contributed by atoms with Crippen LogP contribution in [0.4, 0.5) is 4.39 Å². The lowest BCUT2D eigenvalue weighted by molar-refractivity contribution is 0.300. The van der Waals surface area contributed by atoms with Gasteiger partial charge in [0.15, 0.2) is 5.75 Å². The van der Waals surface area contributed by atoms with E-state index in [2.05, 4.69) is 16.0 Å². The molecule has 0 spiro atoms. The topological polar surface area (TPSA) is 61.7 Å². The van der Waals surface area contributed by atoms with Gasteiger partial charge in [0, 0.05) is 5.56 Å². The molecular weight excluding hydrogens is 436 g/mol. The van der Waals surface area contributed by atoms with Crippen molar-refractivity contribution in [3.8, 4) is 11.8 Å². The van der Waals surface area contributed by atoms with Gasteiger partial charge >= 0.3 is 0 Å². The third kappa shape index (κ3) is 4.56. The number of nitriles is 1. The van der Waals surface area contributed by atoms with Crippen molar-refractivity contribution < 1.29 is 9.13 Å². The molecule has 1 N–H and O–H groups in total. The van der Waals surface area contributed by atoms with E-state index >= 15 is 0 Å². The van der Waals surface area contributed by atoms with Crippen LogP contribution in [0.25, 0.3) is 22.7 Å². The third-order valence-corrected chi connectivity index (χ3v) is 5.24. The summed E-state index contributed by atoms with van der Waals surface area (Å²) < 4.78 is 19.5. The summed E-state index contributed by atoms with van der Waals surface area (Å²) >= 11 is 12.7.